The van der Waals surface area contributed by atoms with Crippen LogP contribution in [0.5, 0.6) is 5.75 Å². The van der Waals surface area contributed by atoms with Crippen molar-refractivity contribution in [3.8, 4) is 5.75 Å². The molecule has 0 bridgehead atoms. The Labute approximate surface area is 193 Å². The maximum Gasteiger partial charge on any atom is 0.573 e. The lowest BCUT2D eigenvalue weighted by Crippen LogP contribution is -2.36. The van der Waals surface area contributed by atoms with Gasteiger partial charge in [0, 0.05) is 25.6 Å². The highest BCUT2D eigenvalue weighted by Gasteiger charge is 2.31. The molecule has 0 saturated heterocycles. The number of carbonyl (C=O) groups excluding carboxylic acids is 2. The molecule has 1 aliphatic rings. The molecule has 1 aliphatic heterocycles. The fourth-order valence-electron chi connectivity index (χ4n) is 3.13. The van der Waals surface area contributed by atoms with Gasteiger partial charge in [-0.3, -0.25) is 9.59 Å². The van der Waals surface area contributed by atoms with Gasteiger partial charge >= 0.3 is 6.36 Å². The van der Waals surface area contributed by atoms with Crippen molar-refractivity contribution in [2.75, 3.05) is 18.8 Å². The van der Waals surface area contributed by atoms with Gasteiger partial charge in [0.2, 0.25) is 5.91 Å². The van der Waals surface area contributed by atoms with Gasteiger partial charge in [-0.05, 0) is 53.8 Å². The second kappa shape index (κ2) is 11.0. The van der Waals surface area contributed by atoms with E-state index in [2.05, 4.69) is 15.0 Å². The van der Waals surface area contributed by atoms with Crippen molar-refractivity contribution in [3.05, 3.63) is 71.1 Å². The highest BCUT2D eigenvalue weighted by Crippen LogP contribution is 2.31. The van der Waals surface area contributed by atoms with E-state index in [4.69, 9.17) is 0 Å². The van der Waals surface area contributed by atoms with Crippen molar-refractivity contribution in [1.29, 1.82) is 0 Å². The SMILES string of the molecule is CC(=O)NCCCN1C(c2ccc(OC(F)(F)F)cc2)=CSCC1=NC(=O)c1ccccc1. The number of thioether (sulfide) groups is 1. The number of alkyl halides is 3. The van der Waals surface area contributed by atoms with Gasteiger partial charge in [-0.15, -0.1) is 24.9 Å². The van der Waals surface area contributed by atoms with Gasteiger partial charge < -0.3 is 15.0 Å². The number of halogens is 3. The third-order valence-corrected chi connectivity index (χ3v) is 5.39. The lowest BCUT2D eigenvalue weighted by atomic mass is 10.1. The molecule has 0 atom stereocenters. The number of hydrogen-bond donors (Lipinski definition) is 1. The van der Waals surface area contributed by atoms with Gasteiger partial charge in [-0.2, -0.15) is 4.99 Å². The van der Waals surface area contributed by atoms with Crippen LogP contribution in [0, 0.1) is 0 Å². The van der Waals surface area contributed by atoms with Crippen LogP contribution in [0.1, 0.15) is 29.3 Å². The lowest BCUT2D eigenvalue weighted by Gasteiger charge is -2.32. The van der Waals surface area contributed by atoms with E-state index in [0.29, 0.717) is 47.9 Å². The molecule has 33 heavy (non-hydrogen) atoms. The van der Waals surface area contributed by atoms with Crippen LogP contribution in [0.3, 0.4) is 0 Å². The molecule has 0 radical (unpaired) electrons. The highest BCUT2D eigenvalue weighted by molar-refractivity contribution is 8.03. The van der Waals surface area contributed by atoms with Crippen LogP contribution in [0.25, 0.3) is 5.70 Å². The Morgan fingerprint density at radius 1 is 1.12 bits per heavy atom. The first-order valence-corrected chi connectivity index (χ1v) is 11.1. The minimum Gasteiger partial charge on any atom is -0.406 e. The Balaban J connectivity index is 1.85. The van der Waals surface area contributed by atoms with Crippen molar-refractivity contribution < 1.29 is 27.5 Å². The molecule has 0 fully saturated rings. The molecule has 1 heterocycles. The van der Waals surface area contributed by atoms with Crippen LogP contribution >= 0.6 is 11.8 Å². The molecular formula is C23H22F3N3O3S. The third kappa shape index (κ3) is 7.38. The Bertz CT molecular complexity index is 1040. The average Bonchev–Trinajstić information content (AvgIpc) is 2.77. The van der Waals surface area contributed by atoms with Crippen molar-refractivity contribution >= 4 is 35.1 Å². The number of nitrogens with one attached hydrogen (secondary N) is 1. The van der Waals surface area contributed by atoms with Crippen LogP contribution in [0.15, 0.2) is 65.0 Å². The van der Waals surface area contributed by atoms with Crippen molar-refractivity contribution in [3.63, 3.8) is 0 Å². The number of amides is 2. The number of hydrogen-bond acceptors (Lipinski definition) is 4. The predicted octanol–water partition coefficient (Wildman–Crippen LogP) is 4.70. The van der Waals surface area contributed by atoms with Gasteiger partial charge in [0.05, 0.1) is 11.4 Å². The van der Waals surface area contributed by atoms with E-state index in [1.54, 1.807) is 24.3 Å². The summed E-state index contributed by atoms with van der Waals surface area (Å²) in [5.41, 5.74) is 1.81. The molecule has 2 aromatic rings. The molecule has 2 amide bonds. The molecule has 0 unspecified atom stereocenters. The molecular weight excluding hydrogens is 455 g/mol. The second-order valence-corrected chi connectivity index (χ2v) is 7.93. The summed E-state index contributed by atoms with van der Waals surface area (Å²) in [6.07, 6.45) is -4.19. The van der Waals surface area contributed by atoms with Gasteiger partial charge in [0.1, 0.15) is 11.6 Å². The highest BCUT2D eigenvalue weighted by atomic mass is 32.2. The van der Waals surface area contributed by atoms with Crippen molar-refractivity contribution in [1.82, 2.24) is 10.2 Å². The van der Waals surface area contributed by atoms with E-state index in [0.717, 1.165) is 0 Å². The van der Waals surface area contributed by atoms with Crippen LogP contribution in [0.4, 0.5) is 13.2 Å². The molecule has 0 aliphatic carbocycles. The Hall–Kier alpha value is -3.27. The summed E-state index contributed by atoms with van der Waals surface area (Å²) in [5.74, 6) is 0.143. The summed E-state index contributed by atoms with van der Waals surface area (Å²) in [6.45, 7) is 2.32. The molecule has 2 aromatic carbocycles. The Morgan fingerprint density at radius 2 is 1.82 bits per heavy atom. The summed E-state index contributed by atoms with van der Waals surface area (Å²) in [4.78, 5) is 30.0. The fourth-order valence-corrected chi connectivity index (χ4v) is 4.01. The van der Waals surface area contributed by atoms with E-state index in [9.17, 15) is 22.8 Å². The molecule has 6 nitrogen and oxygen atoms in total. The molecule has 3 rings (SSSR count). The zero-order chi connectivity index (χ0) is 23.8. The molecule has 174 valence electrons. The number of rotatable bonds is 7. The minimum absolute atomic E-state index is 0.145. The van der Waals surface area contributed by atoms with E-state index in [1.165, 1.54) is 43.0 Å². The van der Waals surface area contributed by atoms with Gasteiger partial charge in [0.25, 0.3) is 5.91 Å². The topological polar surface area (TPSA) is 71.0 Å². The number of nitrogens with zero attached hydrogens (tertiary/aromatic N) is 2. The number of ether oxygens (including phenoxy) is 1. The standard InChI is InChI=1S/C23H22F3N3O3S/c1-16(30)27-12-5-13-29-20(17-8-10-19(11-9-17)32-23(24,25)26)14-33-15-21(29)28-22(31)18-6-3-2-4-7-18/h2-4,6-11,14H,5,12-13,15H2,1H3,(H,27,30). The van der Waals surface area contributed by atoms with Crippen LogP contribution in [-0.2, 0) is 4.79 Å². The van der Waals surface area contributed by atoms with E-state index in [1.807, 2.05) is 16.4 Å². The molecule has 0 spiro atoms. The van der Waals surface area contributed by atoms with E-state index < -0.39 is 6.36 Å². The maximum atomic E-state index is 12.7. The smallest absolute Gasteiger partial charge is 0.406 e. The first kappa shape index (κ1) is 24.4. The van der Waals surface area contributed by atoms with Crippen LogP contribution < -0.4 is 10.1 Å². The van der Waals surface area contributed by atoms with E-state index >= 15 is 0 Å². The monoisotopic (exact) mass is 477 g/mol. The van der Waals surface area contributed by atoms with Crippen LogP contribution in [-0.4, -0.2) is 47.8 Å². The third-order valence-electron chi connectivity index (χ3n) is 4.58. The van der Waals surface area contributed by atoms with Gasteiger partial charge in [-0.25, -0.2) is 0 Å². The molecule has 10 heteroatoms. The second-order valence-electron chi connectivity index (χ2n) is 7.07. The summed E-state index contributed by atoms with van der Waals surface area (Å²) < 4.78 is 41.4. The summed E-state index contributed by atoms with van der Waals surface area (Å²) >= 11 is 1.44. The first-order chi connectivity index (χ1) is 15.7. The van der Waals surface area contributed by atoms with E-state index in [-0.39, 0.29) is 17.6 Å². The first-order valence-electron chi connectivity index (χ1n) is 10.1. The Kier molecular flexibility index (Phi) is 8.16. The van der Waals surface area contributed by atoms with Crippen LogP contribution in [0.2, 0.25) is 0 Å². The van der Waals surface area contributed by atoms with Crippen molar-refractivity contribution in [2.45, 2.75) is 19.7 Å². The van der Waals surface area contributed by atoms with Gasteiger partial charge in [0.15, 0.2) is 0 Å². The number of carbonyl (C=O) groups is 2. The molecule has 0 aromatic heterocycles. The number of amidine groups is 1. The summed E-state index contributed by atoms with van der Waals surface area (Å²) in [6, 6.07) is 14.2. The fraction of sp³-hybridized carbons (Fsp3) is 0.261. The Morgan fingerprint density at radius 3 is 2.45 bits per heavy atom. The number of aliphatic imine (C=N–C) groups is 1. The lowest BCUT2D eigenvalue weighted by molar-refractivity contribution is -0.274. The largest absolute Gasteiger partial charge is 0.573 e. The summed E-state index contributed by atoms with van der Waals surface area (Å²) in [7, 11) is 0. The molecule has 0 saturated carbocycles. The minimum atomic E-state index is -4.77. The zero-order valence-electron chi connectivity index (χ0n) is 17.8. The van der Waals surface area contributed by atoms with Gasteiger partial charge in [-0.1, -0.05) is 18.2 Å². The normalized spacial score (nSPS) is 15.2. The number of benzene rings is 2. The zero-order valence-corrected chi connectivity index (χ0v) is 18.6. The quantitative estimate of drug-likeness (QED) is 0.586. The molecule has 1 N–H and O–H groups in total. The maximum absolute atomic E-state index is 12.7. The summed E-state index contributed by atoms with van der Waals surface area (Å²) in [5, 5.41) is 4.61. The van der Waals surface area contributed by atoms with Crippen molar-refractivity contribution in [2.24, 2.45) is 4.99 Å². The average molecular weight is 478 g/mol. The predicted molar refractivity (Wildman–Crippen MR) is 122 cm³/mol.